The van der Waals surface area contributed by atoms with Crippen molar-refractivity contribution in [3.05, 3.63) is 0 Å². The molecule has 0 aliphatic carbocycles. The summed E-state index contributed by atoms with van der Waals surface area (Å²) in [7, 11) is 0. The fourth-order valence-corrected chi connectivity index (χ4v) is 0.404. The maximum absolute atomic E-state index is 8.81. The molecule has 0 saturated carbocycles. The molecule has 62 valence electrons. The maximum atomic E-state index is 8.81. The Balaban J connectivity index is 2.97. The van der Waals surface area contributed by atoms with Crippen LogP contribution < -0.4 is 0 Å². The van der Waals surface area contributed by atoms with Gasteiger partial charge in [-0.05, 0) is 6.92 Å². The van der Waals surface area contributed by atoms with Crippen LogP contribution >= 0.6 is 0 Å². The lowest BCUT2D eigenvalue weighted by Gasteiger charge is -2.09. The van der Waals surface area contributed by atoms with E-state index >= 15 is 0 Å². The third-order valence-electron chi connectivity index (χ3n) is 0.924. The largest absolute Gasteiger partial charge is 0.396 e. The average molecular weight is 150 g/mol. The van der Waals surface area contributed by atoms with Gasteiger partial charge in [-0.2, -0.15) is 0 Å². The summed E-state index contributed by atoms with van der Waals surface area (Å²) >= 11 is 0. The first kappa shape index (κ1) is 9.84. The van der Waals surface area contributed by atoms with E-state index in [9.17, 15) is 0 Å². The van der Waals surface area contributed by atoms with Crippen LogP contribution in [0.4, 0.5) is 0 Å². The van der Waals surface area contributed by atoms with Crippen molar-refractivity contribution in [2.45, 2.75) is 19.6 Å². The van der Waals surface area contributed by atoms with E-state index < -0.39 is 6.29 Å². The van der Waals surface area contributed by atoms with Gasteiger partial charge in [0.1, 0.15) is 6.79 Å². The third kappa shape index (κ3) is 5.97. The van der Waals surface area contributed by atoms with Crippen LogP contribution in [0.25, 0.3) is 0 Å². The van der Waals surface area contributed by atoms with Gasteiger partial charge in [0, 0.05) is 19.6 Å². The molecule has 0 aliphatic rings. The van der Waals surface area contributed by atoms with Gasteiger partial charge in [-0.3, -0.25) is 0 Å². The van der Waals surface area contributed by atoms with Gasteiger partial charge in [-0.1, -0.05) is 0 Å². The second-order valence-corrected chi connectivity index (χ2v) is 1.74. The third-order valence-corrected chi connectivity index (χ3v) is 0.924. The summed E-state index contributed by atoms with van der Waals surface area (Å²) in [6.45, 7) is 2.40. The number of aliphatic hydroxyl groups excluding tert-OH is 2. The van der Waals surface area contributed by atoms with Gasteiger partial charge >= 0.3 is 0 Å². The molecule has 2 N–H and O–H groups in total. The van der Waals surface area contributed by atoms with E-state index in [2.05, 4.69) is 0 Å². The van der Waals surface area contributed by atoms with Gasteiger partial charge in [-0.15, -0.1) is 0 Å². The SMILES string of the molecule is CCOCOC(O)CCO. The first-order valence-corrected chi connectivity index (χ1v) is 3.29. The summed E-state index contributed by atoms with van der Waals surface area (Å²) in [5.41, 5.74) is 0. The van der Waals surface area contributed by atoms with Crippen molar-refractivity contribution in [2.75, 3.05) is 20.0 Å². The topological polar surface area (TPSA) is 58.9 Å². The molecule has 1 unspecified atom stereocenters. The highest BCUT2D eigenvalue weighted by atomic mass is 16.7. The van der Waals surface area contributed by atoms with Crippen LogP contribution in [-0.4, -0.2) is 36.5 Å². The lowest BCUT2D eigenvalue weighted by atomic mass is 10.4. The fraction of sp³-hybridized carbons (Fsp3) is 1.00. The fourth-order valence-electron chi connectivity index (χ4n) is 0.404. The monoisotopic (exact) mass is 150 g/mol. The standard InChI is InChI=1S/C6H14O4/c1-2-9-5-10-6(8)3-4-7/h6-8H,2-5H2,1H3. The predicted molar refractivity (Wildman–Crippen MR) is 35.3 cm³/mol. The summed E-state index contributed by atoms with van der Waals surface area (Å²) < 4.78 is 9.48. The molecule has 4 heteroatoms. The molecule has 0 aromatic heterocycles. The van der Waals surface area contributed by atoms with Crippen LogP contribution in [0.1, 0.15) is 13.3 Å². The van der Waals surface area contributed by atoms with Gasteiger partial charge in [0.25, 0.3) is 0 Å². The first-order chi connectivity index (χ1) is 4.81. The van der Waals surface area contributed by atoms with Gasteiger partial charge < -0.3 is 19.7 Å². The summed E-state index contributed by atoms with van der Waals surface area (Å²) in [6.07, 6.45) is -0.677. The molecule has 10 heavy (non-hydrogen) atoms. The number of hydrogen-bond donors (Lipinski definition) is 2. The zero-order valence-corrected chi connectivity index (χ0v) is 6.12. The summed E-state index contributed by atoms with van der Waals surface area (Å²) in [4.78, 5) is 0. The number of rotatable bonds is 6. The molecule has 0 rings (SSSR count). The van der Waals surface area contributed by atoms with Crippen LogP contribution in [0, 0.1) is 0 Å². The zero-order valence-electron chi connectivity index (χ0n) is 6.12. The molecular formula is C6H14O4. The number of aliphatic hydroxyl groups is 2. The van der Waals surface area contributed by atoms with Crippen LogP contribution in [0.5, 0.6) is 0 Å². The van der Waals surface area contributed by atoms with Gasteiger partial charge in [-0.25, -0.2) is 0 Å². The van der Waals surface area contributed by atoms with Crippen LogP contribution in [0.2, 0.25) is 0 Å². The Hall–Kier alpha value is -0.160. The second-order valence-electron chi connectivity index (χ2n) is 1.74. The van der Waals surface area contributed by atoms with Crippen LogP contribution in [0.15, 0.2) is 0 Å². The molecule has 0 aromatic carbocycles. The molecule has 0 bridgehead atoms. The van der Waals surface area contributed by atoms with Crippen LogP contribution in [-0.2, 0) is 9.47 Å². The van der Waals surface area contributed by atoms with Gasteiger partial charge in [0.2, 0.25) is 0 Å². The highest BCUT2D eigenvalue weighted by Crippen LogP contribution is 1.92. The Bertz CT molecular complexity index is 66.8. The molecule has 0 spiro atoms. The molecular weight excluding hydrogens is 136 g/mol. The lowest BCUT2D eigenvalue weighted by molar-refractivity contribution is -0.173. The minimum absolute atomic E-state index is 0.0761. The Morgan fingerprint density at radius 3 is 2.70 bits per heavy atom. The second kappa shape index (κ2) is 6.95. The highest BCUT2D eigenvalue weighted by molar-refractivity contribution is 4.35. The van der Waals surface area contributed by atoms with E-state index in [0.717, 1.165) is 0 Å². The Kier molecular flexibility index (Phi) is 6.84. The molecule has 1 atom stereocenters. The normalized spacial score (nSPS) is 13.5. The minimum Gasteiger partial charge on any atom is -0.396 e. The molecule has 4 nitrogen and oxygen atoms in total. The summed E-state index contributed by atoms with van der Waals surface area (Å²) in [5, 5.41) is 17.1. The smallest absolute Gasteiger partial charge is 0.159 e. The Labute approximate surface area is 60.4 Å². The quantitative estimate of drug-likeness (QED) is 0.403. The van der Waals surface area contributed by atoms with Crippen molar-refractivity contribution in [3.8, 4) is 0 Å². The minimum atomic E-state index is -0.906. The molecule has 0 amide bonds. The van der Waals surface area contributed by atoms with Crippen LogP contribution in [0.3, 0.4) is 0 Å². The Morgan fingerprint density at radius 1 is 1.50 bits per heavy atom. The van der Waals surface area contributed by atoms with Crippen molar-refractivity contribution >= 4 is 0 Å². The molecule has 0 aromatic rings. The van der Waals surface area contributed by atoms with Crippen molar-refractivity contribution in [3.63, 3.8) is 0 Å². The number of hydrogen-bond acceptors (Lipinski definition) is 4. The highest BCUT2D eigenvalue weighted by Gasteiger charge is 2.00. The molecule has 0 radical (unpaired) electrons. The first-order valence-electron chi connectivity index (χ1n) is 3.29. The lowest BCUT2D eigenvalue weighted by Crippen LogP contribution is -2.15. The van der Waals surface area contributed by atoms with Crippen molar-refractivity contribution in [2.24, 2.45) is 0 Å². The van der Waals surface area contributed by atoms with Gasteiger partial charge in [0.05, 0.1) is 0 Å². The summed E-state index contributed by atoms with van der Waals surface area (Å²) in [5.74, 6) is 0. The Morgan fingerprint density at radius 2 is 2.20 bits per heavy atom. The van der Waals surface area contributed by atoms with E-state index in [-0.39, 0.29) is 19.8 Å². The molecule has 0 fully saturated rings. The zero-order chi connectivity index (χ0) is 7.82. The summed E-state index contributed by atoms with van der Waals surface area (Å²) in [6, 6.07) is 0. The average Bonchev–Trinajstić information content (AvgIpc) is 1.89. The van der Waals surface area contributed by atoms with E-state index in [0.29, 0.717) is 6.61 Å². The van der Waals surface area contributed by atoms with E-state index in [4.69, 9.17) is 19.7 Å². The van der Waals surface area contributed by atoms with Crippen molar-refractivity contribution in [1.82, 2.24) is 0 Å². The number of ether oxygens (including phenoxy) is 2. The molecule has 0 saturated heterocycles. The van der Waals surface area contributed by atoms with E-state index in [1.807, 2.05) is 6.92 Å². The maximum Gasteiger partial charge on any atom is 0.159 e. The van der Waals surface area contributed by atoms with Crippen molar-refractivity contribution in [1.29, 1.82) is 0 Å². The molecule has 0 heterocycles. The van der Waals surface area contributed by atoms with E-state index in [1.165, 1.54) is 0 Å². The predicted octanol–water partition coefficient (Wildman–Crippen LogP) is -0.302. The van der Waals surface area contributed by atoms with E-state index in [1.54, 1.807) is 0 Å². The van der Waals surface area contributed by atoms with Gasteiger partial charge in [0.15, 0.2) is 6.29 Å². The molecule has 0 aliphatic heterocycles. The van der Waals surface area contributed by atoms with Crippen molar-refractivity contribution < 1.29 is 19.7 Å².